The number of hydrogen-bond donors (Lipinski definition) is 6. The minimum atomic E-state index is -1.13. The third kappa shape index (κ3) is 8.40. The van der Waals surface area contributed by atoms with Crippen molar-refractivity contribution in [2.75, 3.05) is 0 Å². The van der Waals surface area contributed by atoms with Crippen molar-refractivity contribution >= 4 is 50.4 Å². The molecule has 19 rings (SSSR count). The summed E-state index contributed by atoms with van der Waals surface area (Å²) in [5.74, 6) is 0.610. The van der Waals surface area contributed by atoms with Crippen LogP contribution in [0.4, 0.5) is 14.4 Å². The monoisotopic (exact) mass is 1250 g/mol. The summed E-state index contributed by atoms with van der Waals surface area (Å²) >= 11 is 0. The molecule has 6 fully saturated rings. The van der Waals surface area contributed by atoms with E-state index in [2.05, 4.69) is 141 Å². The maximum atomic E-state index is 14.7. The van der Waals surface area contributed by atoms with Crippen LogP contribution in [0.25, 0.3) is 32.3 Å². The zero-order valence-corrected chi connectivity index (χ0v) is 53.1. The average molecular weight is 1250 g/mol. The number of hydrogen-bond acceptors (Lipinski definition) is 9. The van der Waals surface area contributed by atoms with Crippen LogP contribution in [-0.2, 0) is 19.3 Å². The van der Waals surface area contributed by atoms with Crippen molar-refractivity contribution in [2.45, 2.75) is 225 Å². The molecule has 3 spiro atoms. The molecule has 3 heterocycles. The van der Waals surface area contributed by atoms with Gasteiger partial charge in [-0.1, -0.05) is 111 Å². The molecule has 6 bridgehead atoms. The second-order valence-corrected chi connectivity index (χ2v) is 30.1. The highest BCUT2D eigenvalue weighted by molar-refractivity contribution is 6.27. The van der Waals surface area contributed by atoms with Crippen molar-refractivity contribution in [3.63, 3.8) is 0 Å². The number of urea groups is 3. The summed E-state index contributed by atoms with van der Waals surface area (Å²) in [6, 6.07) is 37.8. The molecule has 15 heteroatoms. The van der Waals surface area contributed by atoms with Gasteiger partial charge in [-0.3, -0.25) is 0 Å². The summed E-state index contributed by atoms with van der Waals surface area (Å²) in [6.07, 6.45) is 24.5. The molecular formula is C78H84N6O9. The Morgan fingerprint density at radius 2 is 0.548 bits per heavy atom. The number of amides is 6. The van der Waals surface area contributed by atoms with Crippen molar-refractivity contribution in [1.82, 2.24) is 31.9 Å². The molecule has 3 aliphatic heterocycles. The molecule has 0 aromatic heterocycles. The summed E-state index contributed by atoms with van der Waals surface area (Å²) in [7, 11) is 0. The molecular weight excluding hydrogens is 1160 g/mol. The van der Waals surface area contributed by atoms with E-state index < -0.39 is 34.0 Å². The lowest BCUT2D eigenvalue weighted by Crippen LogP contribution is -2.75. The quantitative estimate of drug-likeness (QED) is 0.0884. The summed E-state index contributed by atoms with van der Waals surface area (Å²) in [5.41, 5.74) is 5.12. The van der Waals surface area contributed by atoms with Crippen molar-refractivity contribution in [1.29, 1.82) is 0 Å². The van der Waals surface area contributed by atoms with Gasteiger partial charge in [0.1, 0.15) is 16.6 Å². The van der Waals surface area contributed by atoms with Gasteiger partial charge in [0.25, 0.3) is 17.4 Å². The number of fused-ring (bicyclic) bond motifs is 12. The minimum absolute atomic E-state index is 0.0441. The maximum absolute atomic E-state index is 14.7. The van der Waals surface area contributed by atoms with Gasteiger partial charge in [0.05, 0.1) is 18.1 Å². The van der Waals surface area contributed by atoms with E-state index in [-0.39, 0.29) is 54.0 Å². The van der Waals surface area contributed by atoms with Crippen LogP contribution in [0, 0.1) is 17.8 Å². The first-order valence-electron chi connectivity index (χ1n) is 35.7. The molecule has 12 aliphatic rings. The molecule has 3 atom stereocenters. The van der Waals surface area contributed by atoms with Crippen LogP contribution in [0.2, 0.25) is 0 Å². The van der Waals surface area contributed by atoms with E-state index in [4.69, 9.17) is 28.4 Å². The van der Waals surface area contributed by atoms with E-state index in [0.717, 1.165) is 206 Å². The molecule has 93 heavy (non-hydrogen) atoms. The van der Waals surface area contributed by atoms with E-state index in [1.54, 1.807) is 0 Å². The topological polar surface area (TPSA) is 179 Å². The lowest BCUT2D eigenvalue weighted by atomic mass is 9.62. The van der Waals surface area contributed by atoms with E-state index in [9.17, 15) is 14.4 Å². The number of nitrogens with one attached hydrogen (secondary N) is 6. The highest BCUT2D eigenvalue weighted by Crippen LogP contribution is 2.63. The smallest absolute Gasteiger partial charge is 0.315 e. The van der Waals surface area contributed by atoms with Crippen LogP contribution in [-0.4, -0.2) is 52.1 Å². The Hall–Kier alpha value is -8.07. The summed E-state index contributed by atoms with van der Waals surface area (Å²) in [4.78, 5) is 44.0. The predicted octanol–water partition coefficient (Wildman–Crippen LogP) is 15.8. The molecule has 6 saturated carbocycles. The fourth-order valence-corrected chi connectivity index (χ4v) is 21.3. The molecule has 7 aromatic rings. The molecule has 0 saturated heterocycles. The van der Waals surface area contributed by atoms with Crippen LogP contribution in [0.1, 0.15) is 206 Å². The van der Waals surface area contributed by atoms with Gasteiger partial charge in [0.2, 0.25) is 0 Å². The molecule has 0 radical (unpaired) electrons. The Bertz CT molecular complexity index is 3690. The number of rotatable bonds is 6. The average Bonchev–Trinajstić information content (AvgIpc) is 1.58. The molecule has 3 unspecified atom stereocenters. The molecule has 6 amide bonds. The first-order chi connectivity index (χ1) is 45.5. The Balaban J connectivity index is 0.717. The van der Waals surface area contributed by atoms with Crippen molar-refractivity contribution in [3.05, 3.63) is 143 Å². The first kappa shape index (κ1) is 56.5. The predicted molar refractivity (Wildman–Crippen MR) is 354 cm³/mol. The highest BCUT2D eigenvalue weighted by Gasteiger charge is 2.70. The van der Waals surface area contributed by atoms with Crippen molar-refractivity contribution < 1.29 is 42.8 Å². The van der Waals surface area contributed by atoms with Gasteiger partial charge in [-0.25, -0.2) is 14.4 Å². The minimum Gasteiger partial charge on any atom is -0.446 e. The van der Waals surface area contributed by atoms with Crippen LogP contribution >= 0.6 is 0 Å². The molecule has 7 aromatic carbocycles. The number of aryl methyl sites for hydroxylation is 3. The summed E-state index contributed by atoms with van der Waals surface area (Å²) in [6.45, 7) is 0. The second kappa shape index (κ2) is 21.0. The number of benzene rings is 7. The van der Waals surface area contributed by atoms with Gasteiger partial charge in [0.15, 0.2) is 34.5 Å². The zero-order chi connectivity index (χ0) is 61.9. The van der Waals surface area contributed by atoms with Crippen LogP contribution in [0.15, 0.2) is 109 Å². The second-order valence-electron chi connectivity index (χ2n) is 30.1. The fourth-order valence-electron chi connectivity index (χ4n) is 21.3. The van der Waals surface area contributed by atoms with Crippen LogP contribution in [0.5, 0.6) is 34.5 Å². The Labute approximate surface area is 542 Å². The number of ether oxygens (including phenoxy) is 6. The van der Waals surface area contributed by atoms with Gasteiger partial charge in [-0.15, -0.1) is 0 Å². The molecule has 9 aliphatic carbocycles. The Kier molecular flexibility index (Phi) is 12.7. The lowest BCUT2D eigenvalue weighted by Gasteiger charge is -2.56. The third-order valence-corrected chi connectivity index (χ3v) is 25.3. The highest BCUT2D eigenvalue weighted by atomic mass is 16.8. The third-order valence-electron chi connectivity index (χ3n) is 25.3. The van der Waals surface area contributed by atoms with E-state index in [1.807, 2.05) is 0 Å². The zero-order valence-electron chi connectivity index (χ0n) is 53.1. The van der Waals surface area contributed by atoms with E-state index in [1.165, 1.54) is 33.4 Å². The van der Waals surface area contributed by atoms with Gasteiger partial charge < -0.3 is 60.3 Å². The molecule has 15 nitrogen and oxygen atoms in total. The number of carbonyl (C=O) groups excluding carboxylic acids is 3. The Morgan fingerprint density at radius 3 is 0.796 bits per heavy atom. The maximum Gasteiger partial charge on any atom is 0.315 e. The van der Waals surface area contributed by atoms with Gasteiger partial charge in [0, 0.05) is 17.8 Å². The van der Waals surface area contributed by atoms with Gasteiger partial charge >= 0.3 is 18.1 Å². The fraction of sp³-hybridized carbons (Fsp3) is 0.500. The van der Waals surface area contributed by atoms with Crippen LogP contribution in [0.3, 0.4) is 0 Å². The lowest BCUT2D eigenvalue weighted by molar-refractivity contribution is -0.222. The molecule has 6 N–H and O–H groups in total. The van der Waals surface area contributed by atoms with Crippen molar-refractivity contribution in [3.8, 4) is 34.5 Å². The van der Waals surface area contributed by atoms with E-state index >= 15 is 0 Å². The standard InChI is InChI=1S/C78H84N6O9/c85-70(79-61-31-7-19-46-16-1-4-28-52(46)61)82-73-34-10-22-49(23-11-35-73)76(73)88-64-40-55-56(41-65(64)89-76)58-43-67-69(93-78(91-67)51-26-14-38-75(78,39-15-27-51)84-72(87)81-63-33-9-21-48-18-3-6-30-54(48)63)45-60(58)59-44-68-66(42-57(55)59)90-77(92-68)50-24-12-36-74(77,37-13-25-50)83-71(86)80-62-32-8-20-47-17-2-5-29-53(47)62/h1-6,16-18,28-30,40-45,49-51,61-63H,7-15,19-27,31-39H2,(H2,79,82,85)(H2,80,83,86)(H2,81,84,87). The SMILES string of the molecule is O=C(NC1CCCc2ccccc21)NC12CCCC(CCC1)C21Oc2cc3c4cc5c(cc4c4cc6c(cc4c3cc2O1)OC1(O6)C2CCCC1(NC(=O)NC1CCCc3ccccc31)CCC2)OC1(O5)C2CCCC1(NC(=O)NC1CCCc3ccccc31)CCC2. The first-order valence-corrected chi connectivity index (χ1v) is 35.7. The van der Waals surface area contributed by atoms with Gasteiger partial charge in [-0.2, -0.15) is 0 Å². The molecule has 480 valence electrons. The summed E-state index contributed by atoms with van der Waals surface area (Å²) in [5, 5.41) is 26.8. The van der Waals surface area contributed by atoms with E-state index in [0.29, 0.717) is 34.5 Å². The Morgan fingerprint density at radius 1 is 0.312 bits per heavy atom. The van der Waals surface area contributed by atoms with Crippen LogP contribution < -0.4 is 60.3 Å². The largest absolute Gasteiger partial charge is 0.446 e. The summed E-state index contributed by atoms with van der Waals surface area (Å²) < 4.78 is 45.2. The van der Waals surface area contributed by atoms with Gasteiger partial charge in [-0.05, 0) is 237 Å². The normalized spacial score (nSPS) is 33.5. The number of carbonyl (C=O) groups is 3. The van der Waals surface area contributed by atoms with Crippen molar-refractivity contribution in [2.24, 2.45) is 17.8 Å².